The number of halogens is 1. The molecule has 34 heavy (non-hydrogen) atoms. The standard InChI is InChI=1S/C26H30FN3O4/c1-17(2)30-15-21(26(32)33)25(31)20-12-22(27)24(13-23(20)30)29-9-7-28(8-10-29)14-18-5-4-6-19(11-18)16-34-3/h4-6,11-13,15,17H,7-10,14,16H2,1-3H3,(H,32,33). The number of anilines is 1. The second-order valence-electron chi connectivity index (χ2n) is 9.01. The Labute approximate surface area is 198 Å². The Kier molecular flexibility index (Phi) is 7.00. The van der Waals surface area contributed by atoms with Crippen molar-refractivity contribution in [2.75, 3.05) is 38.2 Å². The second kappa shape index (κ2) is 9.95. The van der Waals surface area contributed by atoms with Gasteiger partial charge in [0, 0.05) is 57.5 Å². The van der Waals surface area contributed by atoms with E-state index in [2.05, 4.69) is 17.0 Å². The van der Waals surface area contributed by atoms with E-state index in [0.29, 0.717) is 30.9 Å². The number of ether oxygens (including phenoxy) is 1. The van der Waals surface area contributed by atoms with Crippen molar-refractivity contribution in [2.45, 2.75) is 33.0 Å². The highest BCUT2D eigenvalue weighted by Crippen LogP contribution is 2.28. The number of nitrogens with zero attached hydrogens (tertiary/aromatic N) is 3. The van der Waals surface area contributed by atoms with Crippen LogP contribution in [0.2, 0.25) is 0 Å². The number of carbonyl (C=O) groups is 1. The molecule has 8 heteroatoms. The Morgan fingerprint density at radius 1 is 1.12 bits per heavy atom. The van der Waals surface area contributed by atoms with Crippen LogP contribution < -0.4 is 10.3 Å². The van der Waals surface area contributed by atoms with Crippen LogP contribution >= 0.6 is 0 Å². The van der Waals surface area contributed by atoms with Gasteiger partial charge in [-0.15, -0.1) is 0 Å². The van der Waals surface area contributed by atoms with E-state index >= 15 is 4.39 Å². The number of carboxylic acids is 1. The molecule has 0 unspecified atom stereocenters. The van der Waals surface area contributed by atoms with E-state index in [0.717, 1.165) is 25.2 Å². The molecule has 4 rings (SSSR count). The molecule has 180 valence electrons. The molecule has 1 N–H and O–H groups in total. The first-order valence-corrected chi connectivity index (χ1v) is 11.4. The molecule has 7 nitrogen and oxygen atoms in total. The van der Waals surface area contributed by atoms with Crippen molar-refractivity contribution < 1.29 is 19.0 Å². The summed E-state index contributed by atoms with van der Waals surface area (Å²) >= 11 is 0. The normalized spacial score (nSPS) is 14.8. The first-order chi connectivity index (χ1) is 16.3. The average molecular weight is 468 g/mol. The highest BCUT2D eigenvalue weighted by molar-refractivity contribution is 5.93. The van der Waals surface area contributed by atoms with Gasteiger partial charge in [0.05, 0.1) is 17.8 Å². The first-order valence-electron chi connectivity index (χ1n) is 11.4. The minimum absolute atomic E-state index is 0.0874. The van der Waals surface area contributed by atoms with Crippen molar-refractivity contribution in [1.82, 2.24) is 9.47 Å². The first kappa shape index (κ1) is 23.9. The Balaban J connectivity index is 1.57. The summed E-state index contributed by atoms with van der Waals surface area (Å²) in [6.45, 7) is 8.06. The number of hydrogen-bond donors (Lipinski definition) is 1. The lowest BCUT2D eigenvalue weighted by molar-refractivity contribution is 0.0694. The summed E-state index contributed by atoms with van der Waals surface area (Å²) in [6, 6.07) is 11.1. The quantitative estimate of drug-likeness (QED) is 0.568. The van der Waals surface area contributed by atoms with Crippen LogP contribution in [0, 0.1) is 5.82 Å². The Bertz CT molecular complexity index is 1260. The van der Waals surface area contributed by atoms with E-state index in [4.69, 9.17) is 4.74 Å². The summed E-state index contributed by atoms with van der Waals surface area (Å²) in [5.74, 6) is -1.82. The van der Waals surface area contributed by atoms with Crippen molar-refractivity contribution in [3.8, 4) is 0 Å². The third-order valence-electron chi connectivity index (χ3n) is 6.31. The summed E-state index contributed by atoms with van der Waals surface area (Å²) in [5.41, 5.74) is 2.32. The molecule has 3 aromatic rings. The van der Waals surface area contributed by atoms with Crippen molar-refractivity contribution in [3.05, 3.63) is 75.3 Å². The van der Waals surface area contributed by atoms with E-state index in [-0.39, 0.29) is 17.0 Å². The van der Waals surface area contributed by atoms with Crippen LogP contribution in [0.15, 0.2) is 47.4 Å². The van der Waals surface area contributed by atoms with Crippen LogP contribution in [0.1, 0.15) is 41.4 Å². The number of hydrogen-bond acceptors (Lipinski definition) is 5. The summed E-state index contributed by atoms with van der Waals surface area (Å²) in [6.07, 6.45) is 1.36. The molecule has 2 aromatic carbocycles. The summed E-state index contributed by atoms with van der Waals surface area (Å²) < 4.78 is 22.1. The largest absolute Gasteiger partial charge is 0.477 e. The van der Waals surface area contributed by atoms with Crippen molar-refractivity contribution in [3.63, 3.8) is 0 Å². The maximum atomic E-state index is 15.1. The second-order valence-corrected chi connectivity index (χ2v) is 9.01. The van der Waals surface area contributed by atoms with Gasteiger partial charge >= 0.3 is 5.97 Å². The molecule has 0 aliphatic carbocycles. The number of methoxy groups -OCH3 is 1. The van der Waals surface area contributed by atoms with Gasteiger partial charge in [0.1, 0.15) is 11.4 Å². The Morgan fingerprint density at radius 2 is 1.82 bits per heavy atom. The van der Waals surface area contributed by atoms with Gasteiger partial charge in [0.2, 0.25) is 5.43 Å². The third-order valence-corrected chi connectivity index (χ3v) is 6.31. The van der Waals surface area contributed by atoms with E-state index in [1.54, 1.807) is 17.7 Å². The molecule has 0 spiro atoms. The van der Waals surface area contributed by atoms with Crippen molar-refractivity contribution in [2.24, 2.45) is 0 Å². The molecule has 1 aliphatic heterocycles. The predicted molar refractivity (Wildman–Crippen MR) is 130 cm³/mol. The van der Waals surface area contributed by atoms with Crippen LogP contribution in [0.4, 0.5) is 10.1 Å². The summed E-state index contributed by atoms with van der Waals surface area (Å²) in [5, 5.41) is 9.49. The van der Waals surface area contributed by atoms with Crippen molar-refractivity contribution >= 4 is 22.6 Å². The monoisotopic (exact) mass is 467 g/mol. The lowest BCUT2D eigenvalue weighted by atomic mass is 10.1. The maximum absolute atomic E-state index is 15.1. The molecule has 0 atom stereocenters. The van der Waals surface area contributed by atoms with E-state index in [9.17, 15) is 14.7 Å². The molecule has 1 saturated heterocycles. The smallest absolute Gasteiger partial charge is 0.341 e. The Hall–Kier alpha value is -3.23. The highest BCUT2D eigenvalue weighted by atomic mass is 19.1. The van der Waals surface area contributed by atoms with E-state index in [1.807, 2.05) is 30.9 Å². The number of fused-ring (bicyclic) bond motifs is 1. The van der Waals surface area contributed by atoms with Crippen LogP contribution in [-0.2, 0) is 17.9 Å². The fraction of sp³-hybridized carbons (Fsp3) is 0.385. The number of carboxylic acid groups (broad SMARTS) is 1. The van der Waals surface area contributed by atoms with Gasteiger partial charge in [-0.1, -0.05) is 24.3 Å². The van der Waals surface area contributed by atoms with Gasteiger partial charge in [-0.25, -0.2) is 9.18 Å². The fourth-order valence-electron chi connectivity index (χ4n) is 4.57. The SMILES string of the molecule is COCc1cccc(CN2CCN(c3cc4c(cc3F)c(=O)c(C(=O)O)cn4C(C)C)CC2)c1. The average Bonchev–Trinajstić information content (AvgIpc) is 2.80. The number of benzene rings is 2. The summed E-state index contributed by atoms with van der Waals surface area (Å²) in [7, 11) is 1.68. The highest BCUT2D eigenvalue weighted by Gasteiger charge is 2.23. The van der Waals surface area contributed by atoms with E-state index in [1.165, 1.54) is 17.8 Å². The van der Waals surface area contributed by atoms with Crippen molar-refractivity contribution in [1.29, 1.82) is 0 Å². The maximum Gasteiger partial charge on any atom is 0.341 e. The zero-order valence-corrected chi connectivity index (χ0v) is 19.8. The minimum atomic E-state index is -1.31. The lowest BCUT2D eigenvalue weighted by Gasteiger charge is -2.36. The van der Waals surface area contributed by atoms with Gasteiger partial charge < -0.3 is 19.3 Å². The molecule has 0 radical (unpaired) electrons. The zero-order valence-electron chi connectivity index (χ0n) is 19.8. The molecule has 2 heterocycles. The zero-order chi connectivity index (χ0) is 24.4. The van der Waals surface area contributed by atoms with Gasteiger partial charge in [-0.2, -0.15) is 0 Å². The van der Waals surface area contributed by atoms with Gasteiger partial charge in [-0.3, -0.25) is 9.69 Å². The molecule has 0 amide bonds. The number of aromatic nitrogens is 1. The topological polar surface area (TPSA) is 75.0 Å². The molecule has 1 fully saturated rings. The van der Waals surface area contributed by atoms with E-state index < -0.39 is 17.2 Å². The van der Waals surface area contributed by atoms with Crippen LogP contribution in [0.25, 0.3) is 10.9 Å². The molecule has 1 aliphatic rings. The van der Waals surface area contributed by atoms with Crippen LogP contribution in [-0.4, -0.2) is 53.8 Å². The Morgan fingerprint density at radius 3 is 2.47 bits per heavy atom. The molecular weight excluding hydrogens is 437 g/mol. The fourth-order valence-corrected chi connectivity index (χ4v) is 4.57. The predicted octanol–water partition coefficient (Wildman–Crippen LogP) is 3.89. The number of rotatable bonds is 7. The summed E-state index contributed by atoms with van der Waals surface area (Å²) in [4.78, 5) is 28.5. The van der Waals surface area contributed by atoms with Gasteiger partial charge in [0.15, 0.2) is 0 Å². The minimum Gasteiger partial charge on any atom is -0.477 e. The molecule has 0 saturated carbocycles. The third kappa shape index (κ3) is 4.83. The van der Waals surface area contributed by atoms with Gasteiger partial charge in [0.25, 0.3) is 0 Å². The molecular formula is C26H30FN3O4. The van der Waals surface area contributed by atoms with Gasteiger partial charge in [-0.05, 0) is 37.1 Å². The lowest BCUT2D eigenvalue weighted by Crippen LogP contribution is -2.46. The number of piperazine rings is 1. The van der Waals surface area contributed by atoms with Crippen LogP contribution in [0.3, 0.4) is 0 Å². The molecule has 0 bridgehead atoms. The van der Waals surface area contributed by atoms with Crippen LogP contribution in [0.5, 0.6) is 0 Å². The molecule has 1 aromatic heterocycles. The number of aromatic carboxylic acids is 1. The number of pyridine rings is 1.